The third-order valence-electron chi connectivity index (χ3n) is 5.60. The number of nitrogens with zero attached hydrogens (tertiary/aromatic N) is 2. The second kappa shape index (κ2) is 12.1. The van der Waals surface area contributed by atoms with Crippen LogP contribution in [0.4, 0.5) is 4.79 Å². The average Bonchev–Trinajstić information content (AvgIpc) is 3.04. The molecule has 0 radical (unpaired) electrons. The number of nitrogens with one attached hydrogen (secondary N) is 2. The SMILES string of the molecule is CCCCNC(=O)c1ccc(CNC(=O)N2CCCN(Cc3ccccc3)CC2)cc1. The van der Waals surface area contributed by atoms with Crippen LogP contribution in [0.5, 0.6) is 0 Å². The lowest BCUT2D eigenvalue weighted by molar-refractivity contribution is 0.0953. The van der Waals surface area contributed by atoms with E-state index in [2.05, 4.69) is 46.7 Å². The van der Waals surface area contributed by atoms with Crippen LogP contribution in [0.15, 0.2) is 54.6 Å². The monoisotopic (exact) mass is 422 g/mol. The van der Waals surface area contributed by atoms with Gasteiger partial charge in [0.25, 0.3) is 5.91 Å². The van der Waals surface area contributed by atoms with Crippen LogP contribution in [0.1, 0.15) is 47.7 Å². The number of hydrogen-bond acceptors (Lipinski definition) is 3. The van der Waals surface area contributed by atoms with E-state index < -0.39 is 0 Å². The Morgan fingerprint density at radius 1 is 0.871 bits per heavy atom. The van der Waals surface area contributed by atoms with Gasteiger partial charge in [0.05, 0.1) is 0 Å². The number of unbranched alkanes of at least 4 members (excludes halogenated alkanes) is 1. The molecule has 6 heteroatoms. The Balaban J connectivity index is 1.42. The van der Waals surface area contributed by atoms with Gasteiger partial charge in [0.2, 0.25) is 0 Å². The molecule has 0 spiro atoms. The second-order valence-corrected chi connectivity index (χ2v) is 8.07. The number of benzene rings is 2. The molecule has 2 aromatic carbocycles. The van der Waals surface area contributed by atoms with Crippen LogP contribution in [-0.4, -0.2) is 54.5 Å². The van der Waals surface area contributed by atoms with Gasteiger partial charge in [-0.25, -0.2) is 4.79 Å². The van der Waals surface area contributed by atoms with Gasteiger partial charge in [-0.2, -0.15) is 0 Å². The van der Waals surface area contributed by atoms with Crippen LogP contribution >= 0.6 is 0 Å². The first-order valence-electron chi connectivity index (χ1n) is 11.3. The van der Waals surface area contributed by atoms with Gasteiger partial charge < -0.3 is 15.5 Å². The molecular weight excluding hydrogens is 388 g/mol. The predicted octanol–water partition coefficient (Wildman–Crippen LogP) is 3.63. The van der Waals surface area contributed by atoms with Crippen molar-refractivity contribution in [3.8, 4) is 0 Å². The van der Waals surface area contributed by atoms with E-state index in [4.69, 9.17) is 0 Å². The highest BCUT2D eigenvalue weighted by Gasteiger charge is 2.19. The summed E-state index contributed by atoms with van der Waals surface area (Å²) in [5.74, 6) is -0.0475. The molecule has 1 saturated heterocycles. The summed E-state index contributed by atoms with van der Waals surface area (Å²) in [6.07, 6.45) is 3.01. The smallest absolute Gasteiger partial charge is 0.317 e. The van der Waals surface area contributed by atoms with Crippen molar-refractivity contribution in [1.82, 2.24) is 20.4 Å². The molecule has 0 aliphatic carbocycles. The lowest BCUT2D eigenvalue weighted by Crippen LogP contribution is -2.41. The fraction of sp³-hybridized carbons (Fsp3) is 0.440. The molecule has 1 fully saturated rings. The fourth-order valence-electron chi connectivity index (χ4n) is 3.72. The minimum Gasteiger partial charge on any atom is -0.352 e. The van der Waals surface area contributed by atoms with E-state index in [1.165, 1.54) is 5.56 Å². The van der Waals surface area contributed by atoms with E-state index >= 15 is 0 Å². The first-order valence-corrected chi connectivity index (χ1v) is 11.3. The Morgan fingerprint density at radius 2 is 1.65 bits per heavy atom. The molecule has 0 aromatic heterocycles. The summed E-state index contributed by atoms with van der Waals surface area (Å²) in [5, 5.41) is 5.94. The maximum absolute atomic E-state index is 12.6. The van der Waals surface area contributed by atoms with Gasteiger partial charge in [0.1, 0.15) is 0 Å². The topological polar surface area (TPSA) is 64.7 Å². The van der Waals surface area contributed by atoms with Crippen LogP contribution < -0.4 is 10.6 Å². The molecule has 2 aromatic rings. The molecular formula is C25H34N4O2. The van der Waals surface area contributed by atoms with Crippen molar-refractivity contribution < 1.29 is 9.59 Å². The van der Waals surface area contributed by atoms with Crippen LogP contribution in [0.25, 0.3) is 0 Å². The van der Waals surface area contributed by atoms with Gasteiger partial charge in [-0.1, -0.05) is 55.8 Å². The maximum atomic E-state index is 12.6. The summed E-state index contributed by atoms with van der Waals surface area (Å²) >= 11 is 0. The van der Waals surface area contributed by atoms with E-state index in [9.17, 15) is 9.59 Å². The zero-order chi connectivity index (χ0) is 21.9. The molecule has 1 heterocycles. The van der Waals surface area contributed by atoms with E-state index in [0.29, 0.717) is 18.7 Å². The number of carbonyl (C=O) groups excluding carboxylic acids is 2. The highest BCUT2D eigenvalue weighted by atomic mass is 16.2. The quantitative estimate of drug-likeness (QED) is 0.639. The Morgan fingerprint density at radius 3 is 2.39 bits per heavy atom. The van der Waals surface area contributed by atoms with Gasteiger partial charge >= 0.3 is 6.03 Å². The Kier molecular flexibility index (Phi) is 8.91. The highest BCUT2D eigenvalue weighted by molar-refractivity contribution is 5.94. The van der Waals surface area contributed by atoms with Gasteiger partial charge in [0.15, 0.2) is 0 Å². The van der Waals surface area contributed by atoms with Crippen molar-refractivity contribution in [3.05, 3.63) is 71.3 Å². The first kappa shape index (κ1) is 22.8. The molecule has 0 unspecified atom stereocenters. The van der Waals surface area contributed by atoms with E-state index in [1.807, 2.05) is 35.2 Å². The number of urea groups is 1. The molecule has 0 atom stereocenters. The molecule has 0 bridgehead atoms. The molecule has 3 rings (SSSR count). The largest absolute Gasteiger partial charge is 0.352 e. The Labute approximate surface area is 185 Å². The standard InChI is InChI=1S/C25H34N4O2/c1-2-3-14-26-24(30)23-12-10-21(11-13-23)19-27-25(31)29-16-7-15-28(17-18-29)20-22-8-5-4-6-9-22/h4-6,8-13H,2-3,7,14-20H2,1H3,(H,26,30)(H,27,31). The van der Waals surface area contributed by atoms with Crippen molar-refractivity contribution in [2.24, 2.45) is 0 Å². The minimum atomic E-state index is -0.0475. The van der Waals surface area contributed by atoms with Gasteiger partial charge in [-0.05, 0) is 36.1 Å². The lowest BCUT2D eigenvalue weighted by Gasteiger charge is -2.22. The number of carbonyl (C=O) groups is 2. The summed E-state index contributed by atoms with van der Waals surface area (Å²) in [7, 11) is 0. The zero-order valence-corrected chi connectivity index (χ0v) is 18.5. The first-order chi connectivity index (χ1) is 15.2. The van der Waals surface area contributed by atoms with Crippen molar-refractivity contribution in [3.63, 3.8) is 0 Å². The van der Waals surface area contributed by atoms with E-state index in [0.717, 1.165) is 57.5 Å². The van der Waals surface area contributed by atoms with E-state index in [1.54, 1.807) is 0 Å². The molecule has 166 valence electrons. The van der Waals surface area contributed by atoms with Crippen molar-refractivity contribution >= 4 is 11.9 Å². The molecule has 6 nitrogen and oxygen atoms in total. The van der Waals surface area contributed by atoms with Crippen molar-refractivity contribution in [2.45, 2.75) is 39.3 Å². The summed E-state index contributed by atoms with van der Waals surface area (Å²) in [5.41, 5.74) is 2.94. The molecule has 31 heavy (non-hydrogen) atoms. The average molecular weight is 423 g/mol. The number of hydrogen-bond donors (Lipinski definition) is 2. The van der Waals surface area contributed by atoms with Gasteiger partial charge in [-0.3, -0.25) is 9.69 Å². The van der Waals surface area contributed by atoms with Crippen LogP contribution in [0, 0.1) is 0 Å². The normalized spacial score (nSPS) is 14.7. The number of amides is 3. The van der Waals surface area contributed by atoms with Gasteiger partial charge in [0, 0.05) is 51.4 Å². The predicted molar refractivity (Wildman–Crippen MR) is 124 cm³/mol. The lowest BCUT2D eigenvalue weighted by atomic mass is 10.1. The van der Waals surface area contributed by atoms with E-state index in [-0.39, 0.29) is 11.9 Å². The number of rotatable bonds is 8. The summed E-state index contributed by atoms with van der Waals surface area (Å²) in [6, 6.07) is 17.9. The Hall–Kier alpha value is -2.86. The Bertz CT molecular complexity index is 823. The fourth-order valence-corrected chi connectivity index (χ4v) is 3.72. The minimum absolute atomic E-state index is 0.0250. The maximum Gasteiger partial charge on any atom is 0.317 e. The van der Waals surface area contributed by atoms with Crippen LogP contribution in [0.2, 0.25) is 0 Å². The highest BCUT2D eigenvalue weighted by Crippen LogP contribution is 2.10. The zero-order valence-electron chi connectivity index (χ0n) is 18.5. The van der Waals surface area contributed by atoms with Crippen molar-refractivity contribution in [2.75, 3.05) is 32.7 Å². The third kappa shape index (κ3) is 7.40. The summed E-state index contributed by atoms with van der Waals surface area (Å²) in [4.78, 5) is 29.0. The molecule has 1 aliphatic rings. The molecule has 3 amide bonds. The van der Waals surface area contributed by atoms with Crippen molar-refractivity contribution in [1.29, 1.82) is 0 Å². The summed E-state index contributed by atoms with van der Waals surface area (Å²) in [6.45, 7) is 7.57. The van der Waals surface area contributed by atoms with Crippen LogP contribution in [0.3, 0.4) is 0 Å². The van der Waals surface area contributed by atoms with Gasteiger partial charge in [-0.15, -0.1) is 0 Å². The molecule has 1 aliphatic heterocycles. The third-order valence-corrected chi connectivity index (χ3v) is 5.60. The summed E-state index contributed by atoms with van der Waals surface area (Å²) < 4.78 is 0. The van der Waals surface area contributed by atoms with Crippen LogP contribution in [-0.2, 0) is 13.1 Å². The second-order valence-electron chi connectivity index (χ2n) is 8.07. The molecule has 0 saturated carbocycles. The molecule has 2 N–H and O–H groups in total.